The summed E-state index contributed by atoms with van der Waals surface area (Å²) in [5.41, 5.74) is 3.78. The second-order valence-corrected chi connectivity index (χ2v) is 9.60. The van der Waals surface area contributed by atoms with Crippen LogP contribution < -0.4 is 5.32 Å². The molecule has 0 radical (unpaired) electrons. The second kappa shape index (κ2) is 9.60. The van der Waals surface area contributed by atoms with E-state index in [0.29, 0.717) is 32.1 Å². The summed E-state index contributed by atoms with van der Waals surface area (Å²) in [7, 11) is 0. The number of nitrogens with zero attached hydrogens (tertiary/aromatic N) is 1. The first-order valence-electron chi connectivity index (χ1n) is 10.9. The fourth-order valence-electron chi connectivity index (χ4n) is 4.76. The van der Waals surface area contributed by atoms with Crippen molar-refractivity contribution in [3.63, 3.8) is 0 Å². The monoisotopic (exact) mass is 548 g/mol. The number of rotatable bonds is 7. The van der Waals surface area contributed by atoms with E-state index in [0.717, 1.165) is 37.7 Å². The Hall–Kier alpha value is -2.42. The van der Waals surface area contributed by atoms with Crippen LogP contribution in [0.2, 0.25) is 0 Å². The molecular weight excluding hydrogens is 522 g/mol. The van der Waals surface area contributed by atoms with Crippen LogP contribution in [0.3, 0.4) is 0 Å². The molecule has 0 aliphatic heterocycles. The molecule has 1 unspecified atom stereocenters. The van der Waals surface area contributed by atoms with E-state index in [2.05, 4.69) is 34.0 Å². The average molecular weight is 548 g/mol. The number of carboxylic acid groups (broad SMARTS) is 1. The van der Waals surface area contributed by atoms with Crippen molar-refractivity contribution in [2.75, 3.05) is 0 Å². The topological polar surface area (TPSA) is 71.3 Å². The number of nitrogens with one attached hydrogen (secondary N) is 1. The largest absolute Gasteiger partial charge is 0.480 e. The van der Waals surface area contributed by atoms with Gasteiger partial charge in [-0.3, -0.25) is 4.79 Å². The van der Waals surface area contributed by atoms with E-state index in [1.807, 2.05) is 29.7 Å². The highest BCUT2D eigenvalue weighted by Gasteiger charge is 2.30. The van der Waals surface area contributed by atoms with E-state index in [-0.39, 0.29) is 17.8 Å². The lowest BCUT2D eigenvalue weighted by atomic mass is 9.91. The van der Waals surface area contributed by atoms with Gasteiger partial charge in [0.25, 0.3) is 0 Å². The highest BCUT2D eigenvalue weighted by molar-refractivity contribution is 14.1. The maximum absolute atomic E-state index is 14.1. The van der Waals surface area contributed by atoms with Crippen LogP contribution in [0.25, 0.3) is 10.9 Å². The Labute approximate surface area is 200 Å². The van der Waals surface area contributed by atoms with E-state index in [9.17, 15) is 19.1 Å². The number of aliphatic carboxylic acids is 1. The second-order valence-electron chi connectivity index (χ2n) is 8.36. The fraction of sp³-hybridized carbons (Fsp3) is 0.360. The molecule has 168 valence electrons. The van der Waals surface area contributed by atoms with Crippen LogP contribution in [0.4, 0.5) is 4.39 Å². The summed E-state index contributed by atoms with van der Waals surface area (Å²) in [6.07, 6.45) is 3.50. The molecule has 0 saturated heterocycles. The zero-order valence-electron chi connectivity index (χ0n) is 17.9. The van der Waals surface area contributed by atoms with Crippen LogP contribution in [-0.2, 0) is 28.9 Å². The maximum atomic E-state index is 14.1. The number of benzene rings is 2. The third-order valence-electron chi connectivity index (χ3n) is 6.24. The van der Waals surface area contributed by atoms with Gasteiger partial charge in [0.1, 0.15) is 11.9 Å². The molecule has 4 rings (SSSR count). The summed E-state index contributed by atoms with van der Waals surface area (Å²) < 4.78 is 17.1. The van der Waals surface area contributed by atoms with E-state index in [1.54, 1.807) is 6.07 Å². The molecule has 0 saturated carbocycles. The van der Waals surface area contributed by atoms with Crippen LogP contribution in [0, 0.1) is 9.39 Å². The summed E-state index contributed by atoms with van der Waals surface area (Å²) in [6.45, 7) is 1.85. The lowest BCUT2D eigenvalue weighted by Gasteiger charge is -2.26. The number of aryl methyl sites for hydroxylation is 1. The van der Waals surface area contributed by atoms with Gasteiger partial charge in [-0.25, -0.2) is 9.18 Å². The molecule has 1 amide bonds. The van der Waals surface area contributed by atoms with Gasteiger partial charge in [0.2, 0.25) is 5.91 Å². The van der Waals surface area contributed by atoms with E-state index >= 15 is 0 Å². The minimum absolute atomic E-state index is 0.00389. The van der Waals surface area contributed by atoms with E-state index in [4.69, 9.17) is 0 Å². The minimum atomic E-state index is -0.887. The van der Waals surface area contributed by atoms with Gasteiger partial charge in [-0.05, 0) is 96.2 Å². The Morgan fingerprint density at radius 1 is 1.28 bits per heavy atom. The van der Waals surface area contributed by atoms with Gasteiger partial charge in [-0.2, -0.15) is 0 Å². The Kier molecular flexibility index (Phi) is 6.83. The lowest BCUT2D eigenvalue weighted by molar-refractivity contribution is -0.141. The summed E-state index contributed by atoms with van der Waals surface area (Å²) >= 11 is 2.26. The zero-order chi connectivity index (χ0) is 22.8. The quantitative estimate of drug-likeness (QED) is 0.407. The summed E-state index contributed by atoms with van der Waals surface area (Å²) in [5, 5.41) is 13.6. The minimum Gasteiger partial charge on any atom is -0.480 e. The van der Waals surface area contributed by atoms with Gasteiger partial charge in [0.15, 0.2) is 0 Å². The zero-order valence-corrected chi connectivity index (χ0v) is 20.1. The predicted molar refractivity (Wildman–Crippen MR) is 130 cm³/mol. The Morgan fingerprint density at radius 2 is 2.09 bits per heavy atom. The van der Waals surface area contributed by atoms with Crippen molar-refractivity contribution in [1.82, 2.24) is 9.88 Å². The smallest absolute Gasteiger partial charge is 0.326 e. The molecule has 0 spiro atoms. The first-order chi connectivity index (χ1) is 15.4. The van der Waals surface area contributed by atoms with Crippen LogP contribution in [0.5, 0.6) is 0 Å². The van der Waals surface area contributed by atoms with Crippen LogP contribution >= 0.6 is 22.6 Å². The molecule has 2 N–H and O–H groups in total. The first-order valence-corrected chi connectivity index (χ1v) is 12.0. The SMILES string of the molecule is CCC(C(=O)O)n1c2c(c3cc(F)ccc31)C[C@@H](NC(=O)CCc1cccc(I)c1)CC2. The highest BCUT2D eigenvalue weighted by atomic mass is 127. The van der Waals surface area contributed by atoms with Crippen molar-refractivity contribution in [1.29, 1.82) is 0 Å². The van der Waals surface area contributed by atoms with Crippen molar-refractivity contribution >= 4 is 45.4 Å². The normalized spacial score (nSPS) is 16.5. The maximum Gasteiger partial charge on any atom is 0.326 e. The molecule has 5 nitrogen and oxygen atoms in total. The van der Waals surface area contributed by atoms with Gasteiger partial charge < -0.3 is 15.0 Å². The fourth-order valence-corrected chi connectivity index (χ4v) is 5.37. The third-order valence-corrected chi connectivity index (χ3v) is 6.91. The molecule has 0 fully saturated rings. The average Bonchev–Trinajstić information content (AvgIpc) is 3.06. The van der Waals surface area contributed by atoms with Crippen molar-refractivity contribution in [3.05, 3.63) is 68.7 Å². The Balaban J connectivity index is 1.54. The number of amides is 1. The number of halogens is 2. The number of hydrogen-bond acceptors (Lipinski definition) is 2. The van der Waals surface area contributed by atoms with Crippen LogP contribution in [-0.4, -0.2) is 27.6 Å². The molecule has 2 aromatic carbocycles. The molecular formula is C25H26FIN2O3. The molecule has 32 heavy (non-hydrogen) atoms. The first kappa shape index (κ1) is 22.8. The molecule has 1 heterocycles. The van der Waals surface area contributed by atoms with Gasteiger partial charge >= 0.3 is 5.97 Å². The summed E-state index contributed by atoms with van der Waals surface area (Å²) in [6, 6.07) is 11.9. The molecule has 7 heteroatoms. The van der Waals surface area contributed by atoms with Gasteiger partial charge in [0, 0.05) is 32.6 Å². The predicted octanol–water partition coefficient (Wildman–Crippen LogP) is 5.03. The summed E-state index contributed by atoms with van der Waals surface area (Å²) in [4.78, 5) is 24.5. The van der Waals surface area contributed by atoms with Gasteiger partial charge in [-0.1, -0.05) is 19.1 Å². The van der Waals surface area contributed by atoms with Crippen LogP contribution in [0.1, 0.15) is 49.0 Å². The number of aromatic nitrogens is 1. The number of hydrogen-bond donors (Lipinski definition) is 2. The number of carbonyl (C=O) groups excluding carboxylic acids is 1. The number of fused-ring (bicyclic) bond motifs is 3. The Bertz CT molecular complexity index is 1170. The van der Waals surface area contributed by atoms with Crippen molar-refractivity contribution in [2.45, 2.75) is 57.5 Å². The molecule has 3 aromatic rings. The van der Waals surface area contributed by atoms with Crippen molar-refractivity contribution < 1.29 is 19.1 Å². The standard InChI is InChI=1S/C25H26FIN2O3/c1-2-21(25(31)32)29-22-9-7-16(26)13-19(22)20-14-18(8-10-23(20)29)28-24(30)11-6-15-4-3-5-17(27)12-15/h3-5,7,9,12-13,18,21H,2,6,8,10-11,14H2,1H3,(H,28,30)(H,31,32)/t18-,21?/m0/s1. The van der Waals surface area contributed by atoms with Crippen molar-refractivity contribution in [3.8, 4) is 0 Å². The molecule has 1 aliphatic carbocycles. The molecule has 1 aliphatic rings. The molecule has 1 aromatic heterocycles. The number of carboxylic acids is 1. The van der Waals surface area contributed by atoms with Gasteiger partial charge in [-0.15, -0.1) is 0 Å². The third kappa shape index (κ3) is 4.67. The van der Waals surface area contributed by atoms with E-state index in [1.165, 1.54) is 12.1 Å². The summed E-state index contributed by atoms with van der Waals surface area (Å²) in [5.74, 6) is -1.23. The number of carbonyl (C=O) groups is 2. The van der Waals surface area contributed by atoms with Gasteiger partial charge in [0.05, 0.1) is 0 Å². The lowest BCUT2D eigenvalue weighted by Crippen LogP contribution is -2.39. The van der Waals surface area contributed by atoms with E-state index < -0.39 is 12.0 Å². The molecule has 2 atom stereocenters. The Morgan fingerprint density at radius 3 is 2.81 bits per heavy atom. The highest BCUT2D eigenvalue weighted by Crippen LogP contribution is 2.36. The van der Waals surface area contributed by atoms with Crippen molar-refractivity contribution in [2.24, 2.45) is 0 Å². The molecule has 0 bridgehead atoms. The van der Waals surface area contributed by atoms with Crippen LogP contribution in [0.15, 0.2) is 42.5 Å².